The average molecular weight is 264 g/mol. The summed E-state index contributed by atoms with van der Waals surface area (Å²) in [5.74, 6) is -0.227. The highest BCUT2D eigenvalue weighted by Gasteiger charge is 2.39. The van der Waals surface area contributed by atoms with Crippen LogP contribution in [-0.2, 0) is 9.59 Å². The maximum atomic E-state index is 12.1. The van der Waals surface area contributed by atoms with Crippen LogP contribution in [0.3, 0.4) is 0 Å². The van der Waals surface area contributed by atoms with E-state index in [9.17, 15) is 9.59 Å². The van der Waals surface area contributed by atoms with Crippen molar-refractivity contribution < 1.29 is 9.59 Å². The van der Waals surface area contributed by atoms with E-state index in [1.807, 2.05) is 17.5 Å². The zero-order chi connectivity index (χ0) is 13.2. The molecule has 1 fully saturated rings. The molecule has 1 aromatic rings. The minimum atomic E-state index is -0.783. The number of carbonyl (C=O) groups excluding carboxylic acids is 2. The van der Waals surface area contributed by atoms with Gasteiger partial charge < -0.3 is 10.2 Å². The van der Waals surface area contributed by atoms with Crippen molar-refractivity contribution in [2.75, 3.05) is 13.1 Å². The third kappa shape index (κ3) is 2.46. The molecule has 1 N–H and O–H groups in total. The molecule has 2 heterocycles. The van der Waals surface area contributed by atoms with Gasteiger partial charge in [0.2, 0.25) is 11.8 Å². The quantitative estimate of drug-likeness (QED) is 0.823. The summed E-state index contributed by atoms with van der Waals surface area (Å²) in [5, 5.41) is 4.73. The lowest BCUT2D eigenvalue weighted by atomic mass is 9.99. The smallest absolute Gasteiger partial charge is 0.247 e. The Kier molecular flexibility index (Phi) is 3.52. The number of hydrogen-bond donors (Lipinski definition) is 1. The third-order valence-electron chi connectivity index (χ3n) is 3.05. The molecule has 4 nitrogen and oxygen atoms in total. The van der Waals surface area contributed by atoms with Gasteiger partial charge in [0.25, 0.3) is 0 Å². The molecule has 0 unspecified atom stereocenters. The van der Waals surface area contributed by atoms with Crippen LogP contribution >= 0.6 is 11.3 Å². The molecule has 0 radical (unpaired) electrons. The van der Waals surface area contributed by atoms with Crippen molar-refractivity contribution in [1.82, 2.24) is 10.2 Å². The lowest BCUT2D eigenvalue weighted by Crippen LogP contribution is -2.63. The number of thiophene rings is 1. The van der Waals surface area contributed by atoms with E-state index >= 15 is 0 Å². The summed E-state index contributed by atoms with van der Waals surface area (Å²) in [6, 6.07) is 3.88. The topological polar surface area (TPSA) is 49.4 Å². The monoisotopic (exact) mass is 264 g/mol. The van der Waals surface area contributed by atoms with E-state index in [2.05, 4.69) is 5.32 Å². The number of nitrogens with one attached hydrogen (secondary N) is 1. The third-order valence-corrected chi connectivity index (χ3v) is 3.89. The highest BCUT2D eigenvalue weighted by molar-refractivity contribution is 7.10. The van der Waals surface area contributed by atoms with E-state index in [1.165, 1.54) is 6.08 Å². The van der Waals surface area contributed by atoms with E-state index in [0.29, 0.717) is 13.1 Å². The van der Waals surface area contributed by atoms with Gasteiger partial charge >= 0.3 is 0 Å². The fraction of sp³-hybridized carbons (Fsp3) is 0.385. The molecule has 1 saturated heterocycles. The molecule has 1 aliphatic rings. The van der Waals surface area contributed by atoms with E-state index in [1.54, 1.807) is 36.2 Å². The minimum absolute atomic E-state index is 0.105. The molecule has 0 spiro atoms. The van der Waals surface area contributed by atoms with Crippen molar-refractivity contribution in [3.63, 3.8) is 0 Å². The summed E-state index contributed by atoms with van der Waals surface area (Å²) in [6.45, 7) is 4.59. The van der Waals surface area contributed by atoms with Gasteiger partial charge in [0.1, 0.15) is 5.54 Å². The van der Waals surface area contributed by atoms with Gasteiger partial charge in [-0.3, -0.25) is 9.59 Å². The van der Waals surface area contributed by atoms with Crippen molar-refractivity contribution in [1.29, 1.82) is 0 Å². The Hall–Kier alpha value is -1.62. The number of piperazine rings is 1. The number of nitrogens with zero attached hydrogens (tertiary/aromatic N) is 1. The highest BCUT2D eigenvalue weighted by Crippen LogP contribution is 2.19. The second-order valence-electron chi connectivity index (χ2n) is 4.65. The first-order valence-electron chi connectivity index (χ1n) is 5.83. The fourth-order valence-corrected chi connectivity index (χ4v) is 2.53. The molecule has 96 valence electrons. The van der Waals surface area contributed by atoms with Crippen molar-refractivity contribution in [3.05, 3.63) is 28.5 Å². The van der Waals surface area contributed by atoms with Gasteiger partial charge in [0, 0.05) is 24.0 Å². The van der Waals surface area contributed by atoms with Crippen LogP contribution in [0.15, 0.2) is 23.6 Å². The van der Waals surface area contributed by atoms with E-state index in [-0.39, 0.29) is 11.8 Å². The summed E-state index contributed by atoms with van der Waals surface area (Å²) in [6.07, 6.45) is 3.32. The normalized spacial score (nSPS) is 19.0. The van der Waals surface area contributed by atoms with Gasteiger partial charge in [-0.05, 0) is 31.4 Å². The van der Waals surface area contributed by atoms with Crippen LogP contribution in [0.4, 0.5) is 0 Å². The first kappa shape index (κ1) is 12.8. The first-order valence-corrected chi connectivity index (χ1v) is 6.71. The molecule has 2 amide bonds. The Labute approximate surface area is 110 Å². The minimum Gasteiger partial charge on any atom is -0.352 e. The number of hydrogen-bond acceptors (Lipinski definition) is 3. The predicted molar refractivity (Wildman–Crippen MR) is 72.2 cm³/mol. The van der Waals surface area contributed by atoms with Crippen molar-refractivity contribution in [2.45, 2.75) is 19.4 Å². The summed E-state index contributed by atoms with van der Waals surface area (Å²) in [4.78, 5) is 26.5. The van der Waals surface area contributed by atoms with Crippen LogP contribution in [0.1, 0.15) is 18.7 Å². The lowest BCUT2D eigenvalue weighted by Gasteiger charge is -2.40. The Bertz CT molecular complexity index is 477. The van der Waals surface area contributed by atoms with Crippen LogP contribution in [0.2, 0.25) is 0 Å². The standard InChI is InChI=1S/C13H16N2O2S/c1-13(2)12(17)14-7-8-15(13)11(16)6-5-10-4-3-9-18-10/h3-6,9H,7-8H2,1-2H3,(H,14,17)/b6-5+. The summed E-state index contributed by atoms with van der Waals surface area (Å²) in [5.41, 5.74) is -0.783. The Morgan fingerprint density at radius 1 is 1.56 bits per heavy atom. The molecule has 2 rings (SSSR count). The second-order valence-corrected chi connectivity index (χ2v) is 5.63. The number of carbonyl (C=O) groups is 2. The molecule has 0 saturated carbocycles. The largest absolute Gasteiger partial charge is 0.352 e. The highest BCUT2D eigenvalue weighted by atomic mass is 32.1. The van der Waals surface area contributed by atoms with Crippen LogP contribution in [0.25, 0.3) is 6.08 Å². The van der Waals surface area contributed by atoms with Crippen LogP contribution in [0.5, 0.6) is 0 Å². The van der Waals surface area contributed by atoms with Gasteiger partial charge in [-0.15, -0.1) is 11.3 Å². The van der Waals surface area contributed by atoms with Crippen LogP contribution in [-0.4, -0.2) is 35.3 Å². The molecule has 1 aromatic heterocycles. The maximum Gasteiger partial charge on any atom is 0.247 e. The Morgan fingerprint density at radius 3 is 3.00 bits per heavy atom. The zero-order valence-corrected chi connectivity index (χ0v) is 11.3. The molecule has 0 aliphatic carbocycles. The van der Waals surface area contributed by atoms with Crippen LogP contribution < -0.4 is 5.32 Å². The van der Waals surface area contributed by atoms with E-state index < -0.39 is 5.54 Å². The van der Waals surface area contributed by atoms with E-state index in [0.717, 1.165) is 4.88 Å². The Morgan fingerprint density at radius 2 is 2.33 bits per heavy atom. The second kappa shape index (κ2) is 4.94. The predicted octanol–water partition coefficient (Wildman–Crippen LogP) is 1.50. The van der Waals surface area contributed by atoms with Crippen LogP contribution in [0, 0.1) is 0 Å². The molecule has 0 bridgehead atoms. The van der Waals surface area contributed by atoms with Crippen molar-refractivity contribution in [3.8, 4) is 0 Å². The average Bonchev–Trinajstić information content (AvgIpc) is 2.82. The first-order chi connectivity index (χ1) is 8.51. The fourth-order valence-electron chi connectivity index (χ4n) is 1.91. The Balaban J connectivity index is 2.11. The summed E-state index contributed by atoms with van der Waals surface area (Å²) >= 11 is 1.58. The molecule has 1 aliphatic heterocycles. The van der Waals surface area contributed by atoms with Gasteiger partial charge in [-0.1, -0.05) is 6.07 Å². The molecule has 5 heteroatoms. The summed E-state index contributed by atoms with van der Waals surface area (Å²) < 4.78 is 0. The summed E-state index contributed by atoms with van der Waals surface area (Å²) in [7, 11) is 0. The van der Waals surface area contributed by atoms with Gasteiger partial charge in [-0.2, -0.15) is 0 Å². The van der Waals surface area contributed by atoms with E-state index in [4.69, 9.17) is 0 Å². The molecular weight excluding hydrogens is 248 g/mol. The zero-order valence-electron chi connectivity index (χ0n) is 10.5. The van der Waals surface area contributed by atoms with Crippen molar-refractivity contribution in [2.24, 2.45) is 0 Å². The van der Waals surface area contributed by atoms with Gasteiger partial charge in [0.15, 0.2) is 0 Å². The van der Waals surface area contributed by atoms with Crippen molar-refractivity contribution >= 4 is 29.2 Å². The lowest BCUT2D eigenvalue weighted by molar-refractivity contribution is -0.146. The molecule has 0 aromatic carbocycles. The molecular formula is C13H16N2O2S. The SMILES string of the molecule is CC1(C)C(=O)NCCN1C(=O)/C=C/c1cccs1. The maximum absolute atomic E-state index is 12.1. The number of rotatable bonds is 2. The number of amides is 2. The molecule has 18 heavy (non-hydrogen) atoms. The van der Waals surface area contributed by atoms with Gasteiger partial charge in [-0.25, -0.2) is 0 Å². The molecule has 0 atom stereocenters. The van der Waals surface area contributed by atoms with Gasteiger partial charge in [0.05, 0.1) is 0 Å².